The van der Waals surface area contributed by atoms with Crippen molar-refractivity contribution in [2.45, 2.75) is 46.6 Å². The summed E-state index contributed by atoms with van der Waals surface area (Å²) in [5.41, 5.74) is 1.72. The Balaban J connectivity index is 2.92. The normalized spacial score (nSPS) is 16.1. The standard InChI is InChI=1S/C14H22O/c1-11-8-6-7-9-12(11)10-14(5,15)13(2,3)4/h6-9,15H,10H2,1-5H3. The summed E-state index contributed by atoms with van der Waals surface area (Å²) < 4.78 is 0. The average Bonchev–Trinajstić information content (AvgIpc) is 2.06. The Morgan fingerprint density at radius 3 is 2.07 bits per heavy atom. The third-order valence-corrected chi connectivity index (χ3v) is 3.41. The van der Waals surface area contributed by atoms with Gasteiger partial charge in [0.25, 0.3) is 0 Å². The lowest BCUT2D eigenvalue weighted by Gasteiger charge is -2.37. The van der Waals surface area contributed by atoms with Gasteiger partial charge >= 0.3 is 0 Å². The molecule has 1 unspecified atom stereocenters. The molecule has 0 radical (unpaired) electrons. The first-order chi connectivity index (χ1) is 6.74. The molecule has 0 heterocycles. The quantitative estimate of drug-likeness (QED) is 0.787. The van der Waals surface area contributed by atoms with Crippen molar-refractivity contribution >= 4 is 0 Å². The van der Waals surface area contributed by atoms with Crippen LogP contribution in [0, 0.1) is 12.3 Å². The van der Waals surface area contributed by atoms with E-state index in [-0.39, 0.29) is 5.41 Å². The number of hydrogen-bond donors (Lipinski definition) is 1. The molecule has 0 amide bonds. The highest BCUT2D eigenvalue weighted by Crippen LogP contribution is 2.33. The molecule has 84 valence electrons. The van der Waals surface area contributed by atoms with Crippen molar-refractivity contribution in [1.29, 1.82) is 0 Å². The van der Waals surface area contributed by atoms with Crippen LogP contribution in [0.1, 0.15) is 38.8 Å². The minimum atomic E-state index is -0.668. The minimum absolute atomic E-state index is 0.102. The van der Waals surface area contributed by atoms with Gasteiger partial charge in [0.1, 0.15) is 0 Å². The largest absolute Gasteiger partial charge is 0.389 e. The predicted molar refractivity (Wildman–Crippen MR) is 65.0 cm³/mol. The molecule has 1 N–H and O–H groups in total. The lowest BCUT2D eigenvalue weighted by molar-refractivity contribution is -0.0406. The van der Waals surface area contributed by atoms with Gasteiger partial charge in [-0.05, 0) is 30.4 Å². The first-order valence-electron chi connectivity index (χ1n) is 5.51. The molecule has 0 saturated carbocycles. The summed E-state index contributed by atoms with van der Waals surface area (Å²) >= 11 is 0. The van der Waals surface area contributed by atoms with Crippen molar-refractivity contribution in [3.8, 4) is 0 Å². The Kier molecular flexibility index (Phi) is 3.25. The molecule has 1 aromatic carbocycles. The Morgan fingerprint density at radius 2 is 1.60 bits per heavy atom. The predicted octanol–water partition coefficient (Wildman–Crippen LogP) is 3.33. The van der Waals surface area contributed by atoms with Gasteiger partial charge in [-0.3, -0.25) is 0 Å². The van der Waals surface area contributed by atoms with Crippen LogP contribution in [0.25, 0.3) is 0 Å². The summed E-state index contributed by atoms with van der Waals surface area (Å²) in [5, 5.41) is 10.4. The average molecular weight is 206 g/mol. The molecule has 0 aliphatic carbocycles. The number of aryl methyl sites for hydroxylation is 1. The molecule has 0 fully saturated rings. The lowest BCUT2D eigenvalue weighted by atomic mass is 9.74. The maximum absolute atomic E-state index is 10.4. The van der Waals surface area contributed by atoms with E-state index >= 15 is 0 Å². The van der Waals surface area contributed by atoms with E-state index in [0.717, 1.165) is 0 Å². The molecule has 0 spiro atoms. The maximum Gasteiger partial charge on any atom is 0.0708 e. The van der Waals surface area contributed by atoms with Crippen LogP contribution in [-0.4, -0.2) is 10.7 Å². The number of rotatable bonds is 2. The van der Waals surface area contributed by atoms with Crippen molar-refractivity contribution in [2.24, 2.45) is 5.41 Å². The molecule has 1 heteroatoms. The zero-order chi connectivity index (χ0) is 11.7. The fourth-order valence-electron chi connectivity index (χ4n) is 1.44. The van der Waals surface area contributed by atoms with E-state index in [1.54, 1.807) is 0 Å². The van der Waals surface area contributed by atoms with Gasteiger partial charge in [-0.15, -0.1) is 0 Å². The topological polar surface area (TPSA) is 20.2 Å². The van der Waals surface area contributed by atoms with Crippen LogP contribution in [-0.2, 0) is 6.42 Å². The SMILES string of the molecule is Cc1ccccc1CC(C)(O)C(C)(C)C. The van der Waals surface area contributed by atoms with E-state index in [0.29, 0.717) is 6.42 Å². The zero-order valence-corrected chi connectivity index (χ0v) is 10.5. The number of hydrogen-bond acceptors (Lipinski definition) is 1. The van der Waals surface area contributed by atoms with Crippen molar-refractivity contribution in [2.75, 3.05) is 0 Å². The van der Waals surface area contributed by atoms with Gasteiger partial charge in [-0.1, -0.05) is 45.0 Å². The summed E-state index contributed by atoms with van der Waals surface area (Å²) in [7, 11) is 0. The molecular formula is C14H22O. The van der Waals surface area contributed by atoms with E-state index < -0.39 is 5.60 Å². The van der Waals surface area contributed by atoms with E-state index in [9.17, 15) is 5.11 Å². The monoisotopic (exact) mass is 206 g/mol. The van der Waals surface area contributed by atoms with Crippen LogP contribution in [0.2, 0.25) is 0 Å². The van der Waals surface area contributed by atoms with Crippen LogP contribution >= 0.6 is 0 Å². The minimum Gasteiger partial charge on any atom is -0.389 e. The summed E-state index contributed by atoms with van der Waals surface area (Å²) in [5.74, 6) is 0. The molecule has 0 aliphatic heterocycles. The smallest absolute Gasteiger partial charge is 0.0708 e. The fraction of sp³-hybridized carbons (Fsp3) is 0.571. The van der Waals surface area contributed by atoms with Gasteiger partial charge in [-0.25, -0.2) is 0 Å². The summed E-state index contributed by atoms with van der Waals surface area (Å²) in [6, 6.07) is 8.25. The first kappa shape index (κ1) is 12.3. The Labute approximate surface area is 93.1 Å². The van der Waals surface area contributed by atoms with Gasteiger partial charge in [0, 0.05) is 6.42 Å². The molecule has 1 rings (SSSR count). The van der Waals surface area contributed by atoms with Crippen molar-refractivity contribution in [1.82, 2.24) is 0 Å². The maximum atomic E-state index is 10.4. The highest BCUT2D eigenvalue weighted by atomic mass is 16.3. The van der Waals surface area contributed by atoms with Crippen molar-refractivity contribution in [3.05, 3.63) is 35.4 Å². The summed E-state index contributed by atoms with van der Waals surface area (Å²) in [6.07, 6.45) is 0.711. The Bertz CT molecular complexity index is 331. The second-order valence-electron chi connectivity index (χ2n) is 5.63. The number of aliphatic hydroxyl groups is 1. The van der Waals surface area contributed by atoms with Gasteiger partial charge in [0.2, 0.25) is 0 Å². The van der Waals surface area contributed by atoms with Gasteiger partial charge < -0.3 is 5.11 Å². The van der Waals surface area contributed by atoms with Crippen molar-refractivity contribution < 1.29 is 5.11 Å². The van der Waals surface area contributed by atoms with Crippen molar-refractivity contribution in [3.63, 3.8) is 0 Å². The third kappa shape index (κ3) is 2.82. The van der Waals surface area contributed by atoms with Gasteiger partial charge in [-0.2, -0.15) is 0 Å². The van der Waals surface area contributed by atoms with Crippen LogP contribution in [0.4, 0.5) is 0 Å². The Morgan fingerprint density at radius 1 is 1.07 bits per heavy atom. The third-order valence-electron chi connectivity index (χ3n) is 3.41. The molecule has 1 nitrogen and oxygen atoms in total. The number of benzene rings is 1. The zero-order valence-electron chi connectivity index (χ0n) is 10.5. The van der Waals surface area contributed by atoms with Gasteiger partial charge in [0.05, 0.1) is 5.60 Å². The molecule has 0 saturated heterocycles. The van der Waals surface area contributed by atoms with Crippen LogP contribution in [0.5, 0.6) is 0 Å². The van der Waals surface area contributed by atoms with Crippen LogP contribution < -0.4 is 0 Å². The molecule has 15 heavy (non-hydrogen) atoms. The van der Waals surface area contributed by atoms with E-state index in [2.05, 4.69) is 39.8 Å². The van der Waals surface area contributed by atoms with Crippen LogP contribution in [0.3, 0.4) is 0 Å². The summed E-state index contributed by atoms with van der Waals surface area (Å²) in [4.78, 5) is 0. The van der Waals surface area contributed by atoms with E-state index in [1.165, 1.54) is 11.1 Å². The summed E-state index contributed by atoms with van der Waals surface area (Å²) in [6.45, 7) is 10.2. The molecule has 0 bridgehead atoms. The van der Waals surface area contributed by atoms with Gasteiger partial charge in [0.15, 0.2) is 0 Å². The first-order valence-corrected chi connectivity index (χ1v) is 5.51. The Hall–Kier alpha value is -0.820. The molecular weight excluding hydrogens is 184 g/mol. The van der Waals surface area contributed by atoms with Crippen LogP contribution in [0.15, 0.2) is 24.3 Å². The molecule has 0 aromatic heterocycles. The fourth-order valence-corrected chi connectivity index (χ4v) is 1.44. The molecule has 1 atom stereocenters. The van der Waals surface area contributed by atoms with E-state index in [1.807, 2.05) is 19.1 Å². The molecule has 1 aromatic rings. The molecule has 0 aliphatic rings. The highest BCUT2D eigenvalue weighted by Gasteiger charge is 2.35. The lowest BCUT2D eigenvalue weighted by Crippen LogP contribution is -2.41. The second-order valence-corrected chi connectivity index (χ2v) is 5.63. The highest BCUT2D eigenvalue weighted by molar-refractivity contribution is 5.27. The second kappa shape index (κ2) is 3.97. The van der Waals surface area contributed by atoms with E-state index in [4.69, 9.17) is 0 Å².